The SMILES string of the molecule is CC(N)(C#N)COc1ccc2c(c1C#N)B(O)OC2. The molecule has 19 heavy (non-hydrogen) atoms. The van der Waals surface area contributed by atoms with Crippen molar-refractivity contribution in [3.63, 3.8) is 0 Å². The monoisotopic (exact) mass is 257 g/mol. The number of benzene rings is 1. The van der Waals surface area contributed by atoms with Crippen LogP contribution < -0.4 is 15.9 Å². The van der Waals surface area contributed by atoms with Gasteiger partial charge in [-0.25, -0.2) is 0 Å². The van der Waals surface area contributed by atoms with Crippen LogP contribution in [0.5, 0.6) is 5.75 Å². The van der Waals surface area contributed by atoms with E-state index in [0.717, 1.165) is 5.56 Å². The molecule has 0 bridgehead atoms. The van der Waals surface area contributed by atoms with Crippen LogP contribution >= 0.6 is 0 Å². The molecule has 0 fully saturated rings. The first-order valence-corrected chi connectivity index (χ1v) is 5.67. The largest absolute Gasteiger partial charge is 0.493 e. The van der Waals surface area contributed by atoms with Crippen molar-refractivity contribution in [3.8, 4) is 17.9 Å². The fourth-order valence-corrected chi connectivity index (χ4v) is 1.80. The summed E-state index contributed by atoms with van der Waals surface area (Å²) in [6, 6.07) is 7.24. The average Bonchev–Trinajstić information content (AvgIpc) is 2.78. The zero-order chi connectivity index (χ0) is 14.0. The highest BCUT2D eigenvalue weighted by Crippen LogP contribution is 2.22. The van der Waals surface area contributed by atoms with Crippen molar-refractivity contribution >= 4 is 12.6 Å². The van der Waals surface area contributed by atoms with E-state index in [1.54, 1.807) is 12.1 Å². The van der Waals surface area contributed by atoms with Crippen LogP contribution in [-0.4, -0.2) is 24.3 Å². The second-order valence-electron chi connectivity index (χ2n) is 4.60. The summed E-state index contributed by atoms with van der Waals surface area (Å²) in [5.41, 5.74) is 5.92. The van der Waals surface area contributed by atoms with Gasteiger partial charge < -0.3 is 20.1 Å². The van der Waals surface area contributed by atoms with Gasteiger partial charge in [-0.1, -0.05) is 6.07 Å². The van der Waals surface area contributed by atoms with E-state index in [9.17, 15) is 10.3 Å². The molecule has 0 radical (unpaired) electrons. The van der Waals surface area contributed by atoms with Crippen molar-refractivity contribution in [1.82, 2.24) is 0 Å². The van der Waals surface area contributed by atoms with Gasteiger partial charge in [0.15, 0.2) is 0 Å². The van der Waals surface area contributed by atoms with Crippen LogP contribution in [0, 0.1) is 22.7 Å². The van der Waals surface area contributed by atoms with Gasteiger partial charge in [0, 0.05) is 5.46 Å². The molecule has 1 atom stereocenters. The zero-order valence-electron chi connectivity index (χ0n) is 10.4. The smallest absolute Gasteiger partial charge is 0.489 e. The number of nitrogens with two attached hydrogens (primary N) is 1. The number of hydrogen-bond donors (Lipinski definition) is 2. The molecule has 3 N–H and O–H groups in total. The first-order valence-electron chi connectivity index (χ1n) is 5.67. The number of nitriles is 2. The van der Waals surface area contributed by atoms with Crippen LogP contribution in [0.3, 0.4) is 0 Å². The summed E-state index contributed by atoms with van der Waals surface area (Å²) >= 11 is 0. The molecule has 1 aromatic rings. The first kappa shape index (κ1) is 13.4. The molecule has 0 aromatic heterocycles. The summed E-state index contributed by atoms with van der Waals surface area (Å²) in [5.74, 6) is 0.290. The van der Waals surface area contributed by atoms with Gasteiger partial charge >= 0.3 is 7.12 Å². The topological polar surface area (TPSA) is 112 Å². The van der Waals surface area contributed by atoms with E-state index in [-0.39, 0.29) is 24.5 Å². The molecule has 1 aliphatic heterocycles. The van der Waals surface area contributed by atoms with Crippen LogP contribution in [-0.2, 0) is 11.3 Å². The summed E-state index contributed by atoms with van der Waals surface area (Å²) in [7, 11) is -1.12. The quantitative estimate of drug-likeness (QED) is 0.699. The van der Waals surface area contributed by atoms with E-state index < -0.39 is 12.7 Å². The predicted octanol–water partition coefficient (Wildman–Crippen LogP) is -0.604. The minimum Gasteiger partial charge on any atom is -0.489 e. The third-order valence-corrected chi connectivity index (χ3v) is 2.84. The molecule has 6 nitrogen and oxygen atoms in total. The van der Waals surface area contributed by atoms with Gasteiger partial charge in [-0.15, -0.1) is 0 Å². The number of rotatable bonds is 3. The maximum Gasteiger partial charge on any atom is 0.493 e. The highest BCUT2D eigenvalue weighted by molar-refractivity contribution is 6.62. The maximum atomic E-state index is 9.69. The van der Waals surface area contributed by atoms with E-state index in [4.69, 9.17) is 20.4 Å². The first-order chi connectivity index (χ1) is 8.98. The number of nitrogens with zero attached hydrogens (tertiary/aromatic N) is 2. The Hall–Kier alpha value is -2.06. The van der Waals surface area contributed by atoms with Gasteiger partial charge in [0.25, 0.3) is 0 Å². The highest BCUT2D eigenvalue weighted by Gasteiger charge is 2.32. The van der Waals surface area contributed by atoms with Crippen molar-refractivity contribution in [2.45, 2.75) is 19.1 Å². The molecule has 1 unspecified atom stereocenters. The lowest BCUT2D eigenvalue weighted by Crippen LogP contribution is -2.41. The molecule has 0 amide bonds. The van der Waals surface area contributed by atoms with Gasteiger partial charge in [-0.3, -0.25) is 0 Å². The van der Waals surface area contributed by atoms with E-state index in [2.05, 4.69) is 0 Å². The van der Waals surface area contributed by atoms with Crippen molar-refractivity contribution in [1.29, 1.82) is 10.5 Å². The van der Waals surface area contributed by atoms with Crippen LogP contribution in [0.25, 0.3) is 0 Å². The van der Waals surface area contributed by atoms with E-state index in [1.807, 2.05) is 12.1 Å². The van der Waals surface area contributed by atoms with Crippen LogP contribution in [0.2, 0.25) is 0 Å². The standard InChI is InChI=1S/C12H12BN3O3/c1-12(16,6-15)7-18-10-3-2-8-5-19-13(17)11(8)9(10)4-14/h2-3,17H,5,7,16H2,1H3. The molecule has 1 aromatic carbocycles. The van der Waals surface area contributed by atoms with E-state index in [0.29, 0.717) is 5.46 Å². The Morgan fingerprint density at radius 2 is 2.32 bits per heavy atom. The Kier molecular flexibility index (Phi) is 3.45. The Balaban J connectivity index is 2.31. The Morgan fingerprint density at radius 3 is 2.95 bits per heavy atom. The lowest BCUT2D eigenvalue weighted by molar-refractivity contribution is 0.264. The lowest BCUT2D eigenvalue weighted by Gasteiger charge is -2.17. The fraction of sp³-hybridized carbons (Fsp3) is 0.333. The van der Waals surface area contributed by atoms with Gasteiger partial charge in [0.05, 0.1) is 18.2 Å². The summed E-state index contributed by atoms with van der Waals surface area (Å²) in [6.07, 6.45) is 0. The van der Waals surface area contributed by atoms with Crippen molar-refractivity contribution < 1.29 is 14.4 Å². The minimum atomic E-state index is -1.14. The van der Waals surface area contributed by atoms with Crippen molar-refractivity contribution in [2.75, 3.05) is 6.61 Å². The van der Waals surface area contributed by atoms with Gasteiger partial charge in [0.2, 0.25) is 0 Å². The second-order valence-corrected chi connectivity index (χ2v) is 4.60. The molecular weight excluding hydrogens is 245 g/mol. The maximum absolute atomic E-state index is 9.69. The molecule has 0 saturated heterocycles. The summed E-state index contributed by atoms with van der Waals surface area (Å²) in [6.45, 7) is 1.75. The normalized spacial score (nSPS) is 16.2. The van der Waals surface area contributed by atoms with Crippen molar-refractivity contribution in [3.05, 3.63) is 23.3 Å². The molecule has 0 spiro atoms. The molecule has 0 saturated carbocycles. The van der Waals surface area contributed by atoms with E-state index in [1.165, 1.54) is 6.92 Å². The molecule has 1 aliphatic rings. The molecule has 0 aliphatic carbocycles. The second kappa shape index (κ2) is 4.91. The highest BCUT2D eigenvalue weighted by atomic mass is 16.5. The Labute approximate surface area is 111 Å². The third kappa shape index (κ3) is 2.54. The molecule has 1 heterocycles. The summed E-state index contributed by atoms with van der Waals surface area (Å²) < 4.78 is 10.5. The van der Waals surface area contributed by atoms with Crippen LogP contribution in [0.15, 0.2) is 12.1 Å². The van der Waals surface area contributed by atoms with Gasteiger partial charge in [-0.2, -0.15) is 10.5 Å². The zero-order valence-corrected chi connectivity index (χ0v) is 10.4. The minimum absolute atomic E-state index is 0.0477. The van der Waals surface area contributed by atoms with Crippen LogP contribution in [0.4, 0.5) is 0 Å². The predicted molar refractivity (Wildman–Crippen MR) is 67.3 cm³/mol. The summed E-state index contributed by atoms with van der Waals surface area (Å²) in [5, 5.41) is 27.7. The molecule has 96 valence electrons. The van der Waals surface area contributed by atoms with Gasteiger partial charge in [-0.05, 0) is 18.6 Å². The lowest BCUT2D eigenvalue weighted by atomic mass is 9.76. The fourth-order valence-electron chi connectivity index (χ4n) is 1.80. The van der Waals surface area contributed by atoms with Gasteiger partial charge in [0.1, 0.15) is 24.0 Å². The molecular formula is C12H12BN3O3. The van der Waals surface area contributed by atoms with Crippen molar-refractivity contribution in [2.24, 2.45) is 5.73 Å². The third-order valence-electron chi connectivity index (χ3n) is 2.84. The van der Waals surface area contributed by atoms with Crippen LogP contribution in [0.1, 0.15) is 18.1 Å². The number of hydrogen-bond acceptors (Lipinski definition) is 6. The average molecular weight is 257 g/mol. The molecule has 2 rings (SSSR count). The molecule has 7 heteroatoms. The van der Waals surface area contributed by atoms with E-state index >= 15 is 0 Å². The number of ether oxygens (including phenoxy) is 1. The number of fused-ring (bicyclic) bond motifs is 1. The Bertz CT molecular complexity index is 589. The Morgan fingerprint density at radius 1 is 1.58 bits per heavy atom. The summed E-state index contributed by atoms with van der Waals surface area (Å²) in [4.78, 5) is 0.